The van der Waals surface area contributed by atoms with Gasteiger partial charge >= 0.3 is 0 Å². The van der Waals surface area contributed by atoms with Gasteiger partial charge in [0.05, 0.1) is 12.1 Å². The maximum absolute atomic E-state index is 14.5. The number of amides is 1. The summed E-state index contributed by atoms with van der Waals surface area (Å²) in [6.45, 7) is 6.52. The second-order valence-corrected chi connectivity index (χ2v) is 9.55. The monoisotopic (exact) mass is 420 g/mol. The highest BCUT2D eigenvalue weighted by molar-refractivity contribution is 6.10. The molecule has 0 aromatic heterocycles. The number of carbonyl (C=O) groups is 1. The fourth-order valence-corrected chi connectivity index (χ4v) is 5.71. The molecule has 0 aromatic rings. The number of hydrogen-bond acceptors (Lipinski definition) is 4. The lowest BCUT2D eigenvalue weighted by Gasteiger charge is -2.43. The van der Waals surface area contributed by atoms with Gasteiger partial charge in [-0.05, 0) is 31.8 Å². The van der Waals surface area contributed by atoms with E-state index in [-0.39, 0.29) is 11.7 Å². The Hall–Kier alpha value is -2.47. The van der Waals surface area contributed by atoms with E-state index in [1.54, 1.807) is 0 Å². The van der Waals surface area contributed by atoms with Crippen molar-refractivity contribution in [3.8, 4) is 0 Å². The van der Waals surface area contributed by atoms with E-state index in [9.17, 15) is 9.18 Å². The van der Waals surface area contributed by atoms with E-state index < -0.39 is 0 Å². The van der Waals surface area contributed by atoms with Crippen LogP contribution in [0.25, 0.3) is 0 Å². The normalized spacial score (nSPS) is 28.1. The Morgan fingerprint density at radius 3 is 2.97 bits per heavy atom. The van der Waals surface area contributed by atoms with Crippen LogP contribution in [0.5, 0.6) is 0 Å². The first-order valence-corrected chi connectivity index (χ1v) is 11.6. The molecule has 3 heterocycles. The number of halogens is 1. The van der Waals surface area contributed by atoms with Crippen molar-refractivity contribution < 1.29 is 9.18 Å². The number of guanidine groups is 1. The Kier molecular flexibility index (Phi) is 4.53. The average Bonchev–Trinajstić information content (AvgIpc) is 3.41. The molecule has 0 radical (unpaired) electrons. The number of nitrogens with zero attached hydrogens (tertiary/aromatic N) is 4. The Labute approximate surface area is 183 Å². The fourth-order valence-electron chi connectivity index (χ4n) is 5.71. The zero-order valence-corrected chi connectivity index (χ0v) is 18.2. The van der Waals surface area contributed by atoms with Gasteiger partial charge in [0.1, 0.15) is 5.83 Å². The number of hydrogen-bond donors (Lipinski definition) is 0. The van der Waals surface area contributed by atoms with Gasteiger partial charge in [-0.25, -0.2) is 4.39 Å². The van der Waals surface area contributed by atoms with E-state index in [0.29, 0.717) is 32.0 Å². The van der Waals surface area contributed by atoms with Crippen molar-refractivity contribution in [2.24, 2.45) is 10.9 Å². The second kappa shape index (κ2) is 7.30. The van der Waals surface area contributed by atoms with Crippen LogP contribution in [0, 0.1) is 5.92 Å². The van der Waals surface area contributed by atoms with E-state index in [1.165, 1.54) is 16.7 Å². The molecule has 0 aromatic carbocycles. The summed E-state index contributed by atoms with van der Waals surface area (Å²) in [6.07, 6.45) is 10.7. The molecule has 0 saturated carbocycles. The van der Waals surface area contributed by atoms with Crippen LogP contribution >= 0.6 is 0 Å². The van der Waals surface area contributed by atoms with Crippen LogP contribution in [-0.2, 0) is 4.79 Å². The van der Waals surface area contributed by atoms with E-state index >= 15 is 0 Å². The number of aliphatic imine (C=N–C) groups is 1. The molecule has 6 heteroatoms. The summed E-state index contributed by atoms with van der Waals surface area (Å²) in [6, 6.07) is 0. The standard InChI is InChI=1S/C25H29FN4O/c1-16-4-2-3-5-18(16)13-30-24(31)21-15-28(10-8-23(21)29-11-9-27-25(29)30)14-20-19-12-17(19)6-7-22(20)26/h2-4,18H,5-15H2,1H3. The van der Waals surface area contributed by atoms with Crippen LogP contribution in [-0.4, -0.2) is 65.8 Å². The molecule has 6 aliphatic rings. The molecule has 0 saturated heterocycles. The van der Waals surface area contributed by atoms with E-state index in [2.05, 4.69) is 35.0 Å². The predicted molar refractivity (Wildman–Crippen MR) is 119 cm³/mol. The van der Waals surface area contributed by atoms with E-state index in [0.717, 1.165) is 68.1 Å². The highest BCUT2D eigenvalue weighted by Crippen LogP contribution is 2.47. The molecular formula is C25H29FN4O. The number of carbonyl (C=O) groups excluding carboxylic acids is 1. The molecule has 0 bridgehead atoms. The quantitative estimate of drug-likeness (QED) is 0.696. The van der Waals surface area contributed by atoms with Gasteiger partial charge in [-0.1, -0.05) is 29.4 Å². The van der Waals surface area contributed by atoms with Crippen LogP contribution in [0.2, 0.25) is 0 Å². The van der Waals surface area contributed by atoms with E-state index in [4.69, 9.17) is 4.99 Å². The molecule has 1 atom stereocenters. The molecule has 162 valence electrons. The minimum absolute atomic E-state index is 0.0641. The fraction of sp³-hybridized carbons (Fsp3) is 0.520. The van der Waals surface area contributed by atoms with Crippen molar-refractivity contribution in [1.82, 2.24) is 14.7 Å². The molecule has 31 heavy (non-hydrogen) atoms. The molecule has 1 unspecified atom stereocenters. The summed E-state index contributed by atoms with van der Waals surface area (Å²) in [7, 11) is 0. The highest BCUT2D eigenvalue weighted by Gasteiger charge is 2.42. The van der Waals surface area contributed by atoms with Crippen LogP contribution < -0.4 is 0 Å². The van der Waals surface area contributed by atoms with Crippen LogP contribution in [0.1, 0.15) is 39.0 Å². The van der Waals surface area contributed by atoms with Gasteiger partial charge in [-0.2, -0.15) is 0 Å². The Morgan fingerprint density at radius 1 is 1.19 bits per heavy atom. The molecule has 3 aliphatic heterocycles. The molecule has 0 N–H and O–H groups in total. The summed E-state index contributed by atoms with van der Waals surface area (Å²) in [5, 5.41) is 0. The van der Waals surface area contributed by atoms with E-state index in [1.807, 2.05) is 4.90 Å². The van der Waals surface area contributed by atoms with Gasteiger partial charge < -0.3 is 4.90 Å². The van der Waals surface area contributed by atoms with Crippen molar-refractivity contribution in [2.45, 2.75) is 39.0 Å². The Morgan fingerprint density at radius 2 is 2.10 bits per heavy atom. The summed E-state index contributed by atoms with van der Waals surface area (Å²) in [5.74, 6) is 1.34. The Balaban J connectivity index is 1.24. The van der Waals surface area contributed by atoms with Crippen molar-refractivity contribution in [2.75, 3.05) is 39.3 Å². The predicted octanol–water partition coefficient (Wildman–Crippen LogP) is 3.70. The van der Waals surface area contributed by atoms with Gasteiger partial charge in [0.15, 0.2) is 0 Å². The summed E-state index contributed by atoms with van der Waals surface area (Å²) in [5.41, 5.74) is 6.95. The molecule has 3 aliphatic carbocycles. The molecule has 5 nitrogen and oxygen atoms in total. The molecule has 1 amide bonds. The van der Waals surface area contributed by atoms with Crippen LogP contribution in [0.3, 0.4) is 0 Å². The zero-order chi connectivity index (χ0) is 21.1. The second-order valence-electron chi connectivity index (χ2n) is 9.55. The first kappa shape index (κ1) is 19.2. The first-order chi connectivity index (χ1) is 15.1. The number of fused-ring (bicyclic) bond motifs is 2. The molecule has 6 rings (SSSR count). The smallest absolute Gasteiger partial charge is 0.259 e. The minimum atomic E-state index is 0.0641. The lowest BCUT2D eigenvalue weighted by molar-refractivity contribution is -0.125. The third-order valence-electron chi connectivity index (χ3n) is 7.66. The third kappa shape index (κ3) is 3.23. The molecular weight excluding hydrogens is 391 g/mol. The third-order valence-corrected chi connectivity index (χ3v) is 7.66. The summed E-state index contributed by atoms with van der Waals surface area (Å²) in [4.78, 5) is 24.8. The van der Waals surface area contributed by atoms with Crippen molar-refractivity contribution >= 4 is 11.9 Å². The van der Waals surface area contributed by atoms with Crippen molar-refractivity contribution in [3.63, 3.8) is 0 Å². The average molecular weight is 421 g/mol. The number of allylic oxidation sites excluding steroid dienone is 5. The largest absolute Gasteiger partial charge is 0.314 e. The summed E-state index contributed by atoms with van der Waals surface area (Å²) >= 11 is 0. The highest BCUT2D eigenvalue weighted by atomic mass is 19.1. The lowest BCUT2D eigenvalue weighted by atomic mass is 9.91. The van der Waals surface area contributed by atoms with Gasteiger partial charge in [-0.3, -0.25) is 19.6 Å². The van der Waals surface area contributed by atoms with Gasteiger partial charge in [0, 0.05) is 62.8 Å². The van der Waals surface area contributed by atoms with Crippen LogP contribution in [0.4, 0.5) is 4.39 Å². The Bertz CT molecular complexity index is 1040. The van der Waals surface area contributed by atoms with Crippen molar-refractivity contribution in [3.05, 3.63) is 57.6 Å². The molecule has 0 spiro atoms. The topological polar surface area (TPSA) is 39.2 Å². The SMILES string of the molecule is CC1=CC=CCC1CN1C(=O)C2=C(CCN(CC3=C(F)CCC4=C3C4)C2)N2CCN=C12. The maximum Gasteiger partial charge on any atom is 0.259 e. The van der Waals surface area contributed by atoms with Gasteiger partial charge in [0.2, 0.25) is 5.96 Å². The molecule has 0 fully saturated rings. The number of rotatable bonds is 4. The lowest BCUT2D eigenvalue weighted by Crippen LogP contribution is -2.55. The van der Waals surface area contributed by atoms with Gasteiger partial charge in [-0.15, -0.1) is 0 Å². The van der Waals surface area contributed by atoms with Gasteiger partial charge in [0.25, 0.3) is 5.91 Å². The summed E-state index contributed by atoms with van der Waals surface area (Å²) < 4.78 is 14.5. The van der Waals surface area contributed by atoms with Crippen molar-refractivity contribution in [1.29, 1.82) is 0 Å². The minimum Gasteiger partial charge on any atom is -0.314 e. The maximum atomic E-state index is 14.5. The zero-order valence-electron chi connectivity index (χ0n) is 18.2. The van der Waals surface area contributed by atoms with Crippen LogP contribution in [0.15, 0.2) is 62.6 Å². The first-order valence-electron chi connectivity index (χ1n) is 11.6.